The molecule has 2 aromatic carbocycles. The highest BCUT2D eigenvalue weighted by Gasteiger charge is 2.08. The molecule has 0 atom stereocenters. The van der Waals surface area contributed by atoms with Gasteiger partial charge in [-0.1, -0.05) is 24.3 Å². The number of Topliss-reactive ketones (excluding diaryl/α,β-unsaturated/α-hetero) is 1. The standard InChI is InChI=1S/C25H22N2O3S/c1-26-25(29)24-14-23(10-11-27-24)30-22-8-4-17(5-9-22)3-7-21(28)13-18-2-6-19-15-31-16-20(19)12-18/h2,4-6,8-12,14-16H,3,7,13H2,1H3,(H,26,29). The van der Waals surface area contributed by atoms with Crippen LogP contribution in [0.4, 0.5) is 0 Å². The minimum absolute atomic E-state index is 0.230. The van der Waals surface area contributed by atoms with Crippen LogP contribution >= 0.6 is 11.3 Å². The van der Waals surface area contributed by atoms with Gasteiger partial charge >= 0.3 is 0 Å². The van der Waals surface area contributed by atoms with E-state index in [-0.39, 0.29) is 11.7 Å². The van der Waals surface area contributed by atoms with Crippen LogP contribution in [0, 0.1) is 0 Å². The van der Waals surface area contributed by atoms with Crippen molar-refractivity contribution in [2.75, 3.05) is 7.05 Å². The van der Waals surface area contributed by atoms with Crippen LogP contribution in [0.25, 0.3) is 10.8 Å². The molecule has 0 radical (unpaired) electrons. The smallest absolute Gasteiger partial charge is 0.269 e. The van der Waals surface area contributed by atoms with E-state index in [4.69, 9.17) is 4.74 Å². The first-order valence-corrected chi connectivity index (χ1v) is 11.0. The predicted molar refractivity (Wildman–Crippen MR) is 123 cm³/mol. The monoisotopic (exact) mass is 430 g/mol. The van der Waals surface area contributed by atoms with Gasteiger partial charge in [-0.2, -0.15) is 11.3 Å². The summed E-state index contributed by atoms with van der Waals surface area (Å²) in [6.45, 7) is 0. The Bertz CT molecular complexity index is 1210. The number of hydrogen-bond donors (Lipinski definition) is 1. The van der Waals surface area contributed by atoms with Crippen molar-refractivity contribution in [1.29, 1.82) is 0 Å². The highest BCUT2D eigenvalue weighted by molar-refractivity contribution is 7.09. The molecule has 0 spiro atoms. The van der Waals surface area contributed by atoms with E-state index in [1.54, 1.807) is 30.5 Å². The molecule has 4 aromatic rings. The highest BCUT2D eigenvalue weighted by atomic mass is 32.1. The number of rotatable bonds is 8. The Morgan fingerprint density at radius 1 is 0.935 bits per heavy atom. The Hall–Kier alpha value is -3.51. The van der Waals surface area contributed by atoms with Gasteiger partial charge in [0, 0.05) is 32.2 Å². The van der Waals surface area contributed by atoms with E-state index in [0.717, 1.165) is 11.1 Å². The fraction of sp³-hybridized carbons (Fsp3) is 0.160. The lowest BCUT2D eigenvalue weighted by molar-refractivity contribution is -0.118. The average molecular weight is 431 g/mol. The number of carbonyl (C=O) groups excluding carboxylic acids is 2. The van der Waals surface area contributed by atoms with Crippen molar-refractivity contribution in [2.45, 2.75) is 19.3 Å². The number of thiophene rings is 1. The van der Waals surface area contributed by atoms with Crippen LogP contribution < -0.4 is 10.1 Å². The van der Waals surface area contributed by atoms with Crippen molar-refractivity contribution < 1.29 is 14.3 Å². The molecule has 1 amide bonds. The molecule has 156 valence electrons. The lowest BCUT2D eigenvalue weighted by Crippen LogP contribution is -2.18. The maximum Gasteiger partial charge on any atom is 0.269 e. The lowest BCUT2D eigenvalue weighted by atomic mass is 10.0. The maximum atomic E-state index is 12.4. The number of amides is 1. The van der Waals surface area contributed by atoms with Gasteiger partial charge in [0.2, 0.25) is 0 Å². The molecule has 0 fully saturated rings. The third-order valence-corrected chi connectivity index (χ3v) is 5.77. The average Bonchev–Trinajstić information content (AvgIpc) is 3.26. The molecular formula is C25H22N2O3S. The zero-order valence-corrected chi connectivity index (χ0v) is 17.9. The molecule has 0 aliphatic heterocycles. The van der Waals surface area contributed by atoms with Crippen LogP contribution in [0.5, 0.6) is 11.5 Å². The Labute approximate surface area is 184 Å². The number of benzene rings is 2. The van der Waals surface area contributed by atoms with Gasteiger partial charge in [-0.05, 0) is 63.3 Å². The summed E-state index contributed by atoms with van der Waals surface area (Å²) in [5.74, 6) is 1.17. The number of nitrogens with zero attached hydrogens (tertiary/aromatic N) is 1. The number of ether oxygens (including phenoxy) is 1. The first-order chi connectivity index (χ1) is 15.1. The van der Waals surface area contributed by atoms with Crippen molar-refractivity contribution in [2.24, 2.45) is 0 Å². The van der Waals surface area contributed by atoms with Crippen LogP contribution in [0.3, 0.4) is 0 Å². The van der Waals surface area contributed by atoms with Gasteiger partial charge < -0.3 is 10.1 Å². The zero-order valence-electron chi connectivity index (χ0n) is 17.1. The summed E-state index contributed by atoms with van der Waals surface area (Å²) in [4.78, 5) is 28.1. The number of aromatic nitrogens is 1. The summed E-state index contributed by atoms with van der Waals surface area (Å²) < 4.78 is 5.82. The molecular weight excluding hydrogens is 408 g/mol. The molecule has 0 unspecified atom stereocenters. The number of ketones is 1. The van der Waals surface area contributed by atoms with Gasteiger partial charge in [0.15, 0.2) is 0 Å². The van der Waals surface area contributed by atoms with Gasteiger partial charge in [-0.25, -0.2) is 0 Å². The Kier molecular flexibility index (Phi) is 6.38. The normalized spacial score (nSPS) is 10.7. The second kappa shape index (κ2) is 9.53. The Morgan fingerprint density at radius 3 is 2.52 bits per heavy atom. The first-order valence-electron chi connectivity index (χ1n) is 10.0. The van der Waals surface area contributed by atoms with E-state index in [0.29, 0.717) is 36.5 Å². The summed E-state index contributed by atoms with van der Waals surface area (Å²) in [5, 5.41) is 9.18. The summed E-state index contributed by atoms with van der Waals surface area (Å²) >= 11 is 1.68. The molecule has 2 aromatic heterocycles. The van der Waals surface area contributed by atoms with E-state index >= 15 is 0 Å². The first kappa shape index (κ1) is 20.8. The van der Waals surface area contributed by atoms with Crippen molar-refractivity contribution in [3.63, 3.8) is 0 Å². The summed E-state index contributed by atoms with van der Waals surface area (Å²) in [5.41, 5.74) is 2.44. The molecule has 4 rings (SSSR count). The van der Waals surface area contributed by atoms with E-state index in [1.807, 2.05) is 30.3 Å². The van der Waals surface area contributed by atoms with Crippen molar-refractivity contribution in [3.8, 4) is 11.5 Å². The molecule has 0 bridgehead atoms. The summed E-state index contributed by atoms with van der Waals surface area (Å²) in [6, 6.07) is 17.2. The summed E-state index contributed by atoms with van der Waals surface area (Å²) in [6.07, 6.45) is 3.19. The van der Waals surface area contributed by atoms with Crippen LogP contribution in [0.2, 0.25) is 0 Å². The molecule has 6 heteroatoms. The number of nitrogens with one attached hydrogen (secondary N) is 1. The van der Waals surface area contributed by atoms with E-state index in [2.05, 4.69) is 33.2 Å². The van der Waals surface area contributed by atoms with Gasteiger partial charge in [-0.3, -0.25) is 14.6 Å². The number of carbonyl (C=O) groups is 2. The Balaban J connectivity index is 1.31. The lowest BCUT2D eigenvalue weighted by Gasteiger charge is -2.08. The number of aryl methyl sites for hydroxylation is 1. The van der Waals surface area contributed by atoms with Crippen LogP contribution in [0.15, 0.2) is 71.6 Å². The van der Waals surface area contributed by atoms with Crippen LogP contribution in [-0.4, -0.2) is 23.7 Å². The number of fused-ring (bicyclic) bond motifs is 1. The van der Waals surface area contributed by atoms with Gasteiger partial charge in [0.1, 0.15) is 23.0 Å². The highest BCUT2D eigenvalue weighted by Crippen LogP contribution is 2.23. The van der Waals surface area contributed by atoms with Crippen LogP contribution in [0.1, 0.15) is 28.0 Å². The minimum atomic E-state index is -0.263. The van der Waals surface area contributed by atoms with Crippen molar-refractivity contribution in [3.05, 3.63) is 88.4 Å². The molecule has 1 N–H and O–H groups in total. The van der Waals surface area contributed by atoms with Gasteiger partial charge in [0.05, 0.1) is 0 Å². The topological polar surface area (TPSA) is 68.3 Å². The van der Waals surface area contributed by atoms with Gasteiger partial charge in [0.25, 0.3) is 5.91 Å². The second-order valence-corrected chi connectivity index (χ2v) is 8.00. The minimum Gasteiger partial charge on any atom is -0.457 e. The Morgan fingerprint density at radius 2 is 1.71 bits per heavy atom. The molecule has 5 nitrogen and oxygen atoms in total. The number of hydrogen-bond acceptors (Lipinski definition) is 5. The molecule has 2 heterocycles. The van der Waals surface area contributed by atoms with Crippen molar-refractivity contribution >= 4 is 33.8 Å². The van der Waals surface area contributed by atoms with E-state index in [9.17, 15) is 9.59 Å². The maximum absolute atomic E-state index is 12.4. The molecule has 0 aliphatic rings. The zero-order chi connectivity index (χ0) is 21.6. The van der Waals surface area contributed by atoms with Crippen molar-refractivity contribution in [1.82, 2.24) is 10.3 Å². The quantitative estimate of drug-likeness (QED) is 0.418. The molecule has 0 saturated heterocycles. The molecule has 0 saturated carbocycles. The number of pyridine rings is 1. The fourth-order valence-corrected chi connectivity index (χ4v) is 4.09. The molecule has 31 heavy (non-hydrogen) atoms. The SMILES string of the molecule is CNC(=O)c1cc(Oc2ccc(CCC(=O)Cc3ccc4cscc4c3)cc2)ccn1. The molecule has 0 aliphatic carbocycles. The fourth-order valence-electron chi connectivity index (χ4n) is 3.31. The predicted octanol–water partition coefficient (Wildman–Crippen LogP) is 5.19. The van der Waals surface area contributed by atoms with E-state index < -0.39 is 0 Å². The van der Waals surface area contributed by atoms with Crippen LogP contribution in [-0.2, 0) is 17.6 Å². The second-order valence-electron chi connectivity index (χ2n) is 7.25. The third kappa shape index (κ3) is 5.35. The van der Waals surface area contributed by atoms with Gasteiger partial charge in [-0.15, -0.1) is 0 Å². The third-order valence-electron chi connectivity index (χ3n) is 4.99. The summed E-state index contributed by atoms with van der Waals surface area (Å²) in [7, 11) is 1.56. The largest absolute Gasteiger partial charge is 0.457 e. The van der Waals surface area contributed by atoms with E-state index in [1.165, 1.54) is 17.0 Å².